The van der Waals surface area contributed by atoms with Crippen molar-refractivity contribution >= 4 is 23.3 Å². The van der Waals surface area contributed by atoms with Gasteiger partial charge in [0.25, 0.3) is 11.6 Å². The predicted octanol–water partition coefficient (Wildman–Crippen LogP) is 3.58. The number of non-ortho nitro benzene ring substituents is 1. The van der Waals surface area contributed by atoms with Crippen molar-refractivity contribution in [2.75, 3.05) is 0 Å². The van der Waals surface area contributed by atoms with Gasteiger partial charge in [-0.15, -0.1) is 10.2 Å². The van der Waals surface area contributed by atoms with Crippen molar-refractivity contribution in [3.8, 4) is 11.5 Å². The Balaban J connectivity index is 1.59. The molecule has 0 saturated heterocycles. The molecule has 3 aromatic rings. The summed E-state index contributed by atoms with van der Waals surface area (Å²) in [6.07, 6.45) is 0.0308. The number of esters is 1. The predicted molar refractivity (Wildman–Crippen MR) is 91.3 cm³/mol. The summed E-state index contributed by atoms with van der Waals surface area (Å²) in [6, 6.07) is 12.7. The zero-order chi connectivity index (χ0) is 18.5. The number of halogens is 1. The van der Waals surface area contributed by atoms with Gasteiger partial charge >= 0.3 is 5.97 Å². The summed E-state index contributed by atoms with van der Waals surface area (Å²) in [7, 11) is 0. The molecular weight excluding hydrogens is 362 g/mol. The molecule has 0 unspecified atom stereocenters. The Morgan fingerprint density at radius 2 is 1.88 bits per heavy atom. The van der Waals surface area contributed by atoms with Crippen LogP contribution in [0.25, 0.3) is 11.5 Å². The summed E-state index contributed by atoms with van der Waals surface area (Å²) in [6.45, 7) is -0.177. The average Bonchev–Trinajstić information content (AvgIpc) is 3.11. The molecule has 0 N–H and O–H groups in total. The molecule has 3 rings (SSSR count). The summed E-state index contributed by atoms with van der Waals surface area (Å²) in [5.41, 5.74) is 1.15. The normalized spacial score (nSPS) is 10.5. The first-order valence-corrected chi connectivity index (χ1v) is 7.87. The van der Waals surface area contributed by atoms with Crippen molar-refractivity contribution in [1.82, 2.24) is 10.2 Å². The highest BCUT2D eigenvalue weighted by Crippen LogP contribution is 2.21. The van der Waals surface area contributed by atoms with E-state index in [4.69, 9.17) is 20.8 Å². The molecule has 0 spiro atoms. The van der Waals surface area contributed by atoms with Crippen LogP contribution in [0.5, 0.6) is 0 Å². The number of hydrogen-bond acceptors (Lipinski definition) is 7. The van der Waals surface area contributed by atoms with E-state index in [1.165, 1.54) is 24.3 Å². The van der Waals surface area contributed by atoms with Gasteiger partial charge in [0.05, 0.1) is 11.3 Å². The molecule has 0 radical (unpaired) electrons. The number of benzene rings is 2. The van der Waals surface area contributed by atoms with Crippen LogP contribution in [0.15, 0.2) is 52.9 Å². The van der Waals surface area contributed by atoms with Gasteiger partial charge in [-0.25, -0.2) is 0 Å². The van der Waals surface area contributed by atoms with Crippen molar-refractivity contribution in [1.29, 1.82) is 0 Å². The van der Waals surface area contributed by atoms with E-state index >= 15 is 0 Å². The van der Waals surface area contributed by atoms with Crippen LogP contribution in [-0.2, 0) is 22.6 Å². The first-order chi connectivity index (χ1) is 12.5. The van der Waals surface area contributed by atoms with Crippen LogP contribution in [0.1, 0.15) is 11.5 Å². The lowest BCUT2D eigenvalue weighted by Gasteiger charge is -2.04. The maximum Gasteiger partial charge on any atom is 0.310 e. The third kappa shape index (κ3) is 4.22. The van der Waals surface area contributed by atoms with Gasteiger partial charge in [0, 0.05) is 22.7 Å². The molecule has 9 heteroatoms. The molecule has 0 atom stereocenters. The standard InChI is InChI=1S/C17H12ClN3O5/c18-14-4-2-1-3-12(14)9-16(22)25-10-15-19-20-17(26-15)11-5-7-13(8-6-11)21(23)24/h1-8H,9-10H2. The molecular formula is C17H12ClN3O5. The van der Waals surface area contributed by atoms with Gasteiger partial charge in [0.2, 0.25) is 5.89 Å². The monoisotopic (exact) mass is 373 g/mol. The Morgan fingerprint density at radius 1 is 1.15 bits per heavy atom. The Morgan fingerprint density at radius 3 is 2.58 bits per heavy atom. The molecule has 0 bridgehead atoms. The second-order valence-electron chi connectivity index (χ2n) is 5.23. The second kappa shape index (κ2) is 7.75. The number of nitrogens with zero attached hydrogens (tertiary/aromatic N) is 3. The van der Waals surface area contributed by atoms with E-state index in [-0.39, 0.29) is 30.5 Å². The first-order valence-electron chi connectivity index (χ1n) is 7.49. The molecule has 26 heavy (non-hydrogen) atoms. The lowest BCUT2D eigenvalue weighted by Crippen LogP contribution is -2.08. The van der Waals surface area contributed by atoms with Gasteiger partial charge in [-0.3, -0.25) is 14.9 Å². The fraction of sp³-hybridized carbons (Fsp3) is 0.118. The van der Waals surface area contributed by atoms with Crippen LogP contribution in [0.4, 0.5) is 5.69 Å². The molecule has 1 heterocycles. The van der Waals surface area contributed by atoms with Crippen molar-refractivity contribution in [3.63, 3.8) is 0 Å². The van der Waals surface area contributed by atoms with Crippen molar-refractivity contribution < 1.29 is 18.9 Å². The molecule has 0 amide bonds. The minimum atomic E-state index is -0.499. The molecule has 1 aromatic heterocycles. The van der Waals surface area contributed by atoms with Crippen molar-refractivity contribution in [2.45, 2.75) is 13.0 Å². The second-order valence-corrected chi connectivity index (χ2v) is 5.64. The van der Waals surface area contributed by atoms with Crippen molar-refractivity contribution in [2.24, 2.45) is 0 Å². The first kappa shape index (κ1) is 17.6. The summed E-state index contributed by atoms with van der Waals surface area (Å²) in [4.78, 5) is 22.0. The zero-order valence-corrected chi connectivity index (χ0v) is 14.0. The van der Waals surface area contributed by atoms with Gasteiger partial charge in [0.1, 0.15) is 0 Å². The van der Waals surface area contributed by atoms with Gasteiger partial charge in [-0.1, -0.05) is 29.8 Å². The topological polar surface area (TPSA) is 108 Å². The fourth-order valence-corrected chi connectivity index (χ4v) is 2.35. The maximum absolute atomic E-state index is 11.9. The number of hydrogen-bond donors (Lipinski definition) is 0. The van der Waals surface area contributed by atoms with Crippen LogP contribution in [0.3, 0.4) is 0 Å². The largest absolute Gasteiger partial charge is 0.455 e. The van der Waals surface area contributed by atoms with E-state index in [1.54, 1.807) is 24.3 Å². The summed E-state index contributed by atoms with van der Waals surface area (Å²) in [5.74, 6) is -0.184. The number of aromatic nitrogens is 2. The summed E-state index contributed by atoms with van der Waals surface area (Å²) in [5, 5.41) is 18.8. The van der Waals surface area contributed by atoms with Gasteiger partial charge in [-0.2, -0.15) is 0 Å². The van der Waals surface area contributed by atoms with Gasteiger partial charge in [0.15, 0.2) is 6.61 Å². The highest BCUT2D eigenvalue weighted by molar-refractivity contribution is 6.31. The Hall–Kier alpha value is -3.26. The van der Waals surface area contributed by atoms with E-state index in [0.717, 1.165) is 0 Å². The van der Waals surface area contributed by atoms with Crippen LogP contribution in [-0.4, -0.2) is 21.1 Å². The molecule has 0 saturated carbocycles. The molecule has 132 valence electrons. The summed E-state index contributed by atoms with van der Waals surface area (Å²) < 4.78 is 10.5. The molecule has 0 aliphatic rings. The van der Waals surface area contributed by atoms with Crippen LogP contribution >= 0.6 is 11.6 Å². The fourth-order valence-electron chi connectivity index (χ4n) is 2.14. The highest BCUT2D eigenvalue weighted by Gasteiger charge is 2.13. The van der Waals surface area contributed by atoms with Crippen molar-refractivity contribution in [3.05, 3.63) is 75.1 Å². The molecule has 2 aromatic carbocycles. The number of rotatable bonds is 6. The van der Waals surface area contributed by atoms with E-state index in [9.17, 15) is 14.9 Å². The molecule has 0 aliphatic carbocycles. The highest BCUT2D eigenvalue weighted by atomic mass is 35.5. The van der Waals surface area contributed by atoms with E-state index in [2.05, 4.69) is 10.2 Å². The minimum Gasteiger partial charge on any atom is -0.455 e. The summed E-state index contributed by atoms with van der Waals surface area (Å²) >= 11 is 6.00. The van der Waals surface area contributed by atoms with E-state index in [0.29, 0.717) is 16.1 Å². The average molecular weight is 374 g/mol. The number of carbonyl (C=O) groups is 1. The Labute approximate surface area is 152 Å². The Kier molecular flexibility index (Phi) is 5.23. The number of ether oxygens (including phenoxy) is 1. The number of nitro benzene ring substituents is 1. The molecule has 0 fully saturated rings. The van der Waals surface area contributed by atoms with Crippen LogP contribution in [0.2, 0.25) is 5.02 Å². The lowest BCUT2D eigenvalue weighted by atomic mass is 10.1. The third-order valence-electron chi connectivity index (χ3n) is 3.44. The van der Waals surface area contributed by atoms with Gasteiger partial charge < -0.3 is 9.15 Å². The minimum absolute atomic E-state index is 0.0308. The van der Waals surface area contributed by atoms with Crippen LogP contribution in [0, 0.1) is 10.1 Å². The lowest BCUT2D eigenvalue weighted by molar-refractivity contribution is -0.384. The quantitative estimate of drug-likeness (QED) is 0.369. The van der Waals surface area contributed by atoms with E-state index in [1.807, 2.05) is 0 Å². The maximum atomic E-state index is 11.9. The number of nitro groups is 1. The number of carbonyl (C=O) groups excluding carboxylic acids is 1. The van der Waals surface area contributed by atoms with Crippen LogP contribution < -0.4 is 0 Å². The van der Waals surface area contributed by atoms with Gasteiger partial charge in [-0.05, 0) is 23.8 Å². The Bertz CT molecular complexity index is 940. The molecule has 8 nitrogen and oxygen atoms in total. The zero-order valence-electron chi connectivity index (χ0n) is 13.3. The third-order valence-corrected chi connectivity index (χ3v) is 3.81. The molecule has 0 aliphatic heterocycles. The smallest absolute Gasteiger partial charge is 0.310 e. The SMILES string of the molecule is O=C(Cc1ccccc1Cl)OCc1nnc(-c2ccc([N+](=O)[O-])cc2)o1. The van der Waals surface area contributed by atoms with E-state index < -0.39 is 10.9 Å².